The van der Waals surface area contributed by atoms with E-state index in [2.05, 4.69) is 30.2 Å². The predicted octanol–water partition coefficient (Wildman–Crippen LogP) is 5.02. The van der Waals surface area contributed by atoms with Crippen LogP contribution in [0.15, 0.2) is 18.2 Å². The van der Waals surface area contributed by atoms with E-state index >= 15 is 0 Å². The lowest BCUT2D eigenvalue weighted by Crippen LogP contribution is -2.44. The zero-order valence-electron chi connectivity index (χ0n) is 19.5. The van der Waals surface area contributed by atoms with Gasteiger partial charge >= 0.3 is 0 Å². The van der Waals surface area contributed by atoms with Crippen LogP contribution in [0.25, 0.3) is 10.9 Å². The largest absolute Gasteiger partial charge is 0.396 e. The molecule has 1 saturated heterocycles. The fourth-order valence-electron chi connectivity index (χ4n) is 6.24. The van der Waals surface area contributed by atoms with Gasteiger partial charge in [-0.2, -0.15) is 0 Å². The van der Waals surface area contributed by atoms with E-state index in [-0.39, 0.29) is 12.4 Å². The van der Waals surface area contributed by atoms with Crippen molar-refractivity contribution in [2.24, 2.45) is 17.1 Å². The van der Waals surface area contributed by atoms with Crippen molar-refractivity contribution in [3.63, 3.8) is 0 Å². The molecule has 1 saturated carbocycles. The number of aliphatic hydroxyl groups is 1. The van der Waals surface area contributed by atoms with Gasteiger partial charge in [0.05, 0.1) is 0 Å². The monoisotopic (exact) mass is 429 g/mol. The van der Waals surface area contributed by atoms with Crippen molar-refractivity contribution in [1.82, 2.24) is 9.47 Å². The molecule has 2 aliphatic rings. The second-order valence-corrected chi connectivity index (χ2v) is 10.8. The molecule has 5 heteroatoms. The first-order valence-electron chi connectivity index (χ1n) is 12.2. The number of likely N-dealkylation sites (tertiary alicyclic amines) is 1. The van der Waals surface area contributed by atoms with Crippen molar-refractivity contribution in [1.29, 1.82) is 0 Å². The highest BCUT2D eigenvalue weighted by atomic mass is 19.1. The fraction of sp³-hybridized carbons (Fsp3) is 0.692. The maximum absolute atomic E-state index is 14.0. The van der Waals surface area contributed by atoms with Gasteiger partial charge in [-0.25, -0.2) is 4.39 Å². The average molecular weight is 430 g/mol. The molecular formula is C26H40FN3O. The topological polar surface area (TPSA) is 54.4 Å². The van der Waals surface area contributed by atoms with Gasteiger partial charge in [0, 0.05) is 61.3 Å². The highest BCUT2D eigenvalue weighted by molar-refractivity contribution is 5.86. The van der Waals surface area contributed by atoms with Crippen LogP contribution in [0, 0.1) is 17.2 Å². The minimum Gasteiger partial charge on any atom is -0.396 e. The Labute approximate surface area is 186 Å². The summed E-state index contributed by atoms with van der Waals surface area (Å²) in [6.07, 6.45) is 8.12. The van der Waals surface area contributed by atoms with E-state index in [4.69, 9.17) is 5.73 Å². The van der Waals surface area contributed by atoms with E-state index < -0.39 is 0 Å². The van der Waals surface area contributed by atoms with E-state index in [0.29, 0.717) is 24.4 Å². The molecule has 0 amide bonds. The molecule has 1 aromatic heterocycles. The number of fused-ring (bicyclic) bond motifs is 1. The molecule has 3 N–H and O–H groups in total. The van der Waals surface area contributed by atoms with Gasteiger partial charge in [0.2, 0.25) is 0 Å². The molecule has 4 rings (SSSR count). The summed E-state index contributed by atoms with van der Waals surface area (Å²) in [5.41, 5.74) is 9.65. The first-order chi connectivity index (χ1) is 14.8. The minimum atomic E-state index is -0.226. The summed E-state index contributed by atoms with van der Waals surface area (Å²) in [6, 6.07) is 6.16. The summed E-state index contributed by atoms with van der Waals surface area (Å²) in [6.45, 7) is 9.85. The number of benzene rings is 1. The van der Waals surface area contributed by atoms with Crippen molar-refractivity contribution >= 4 is 10.9 Å². The molecule has 0 unspecified atom stereocenters. The molecule has 0 radical (unpaired) electrons. The van der Waals surface area contributed by atoms with Gasteiger partial charge in [0.25, 0.3) is 0 Å². The second kappa shape index (κ2) is 9.21. The van der Waals surface area contributed by atoms with E-state index in [0.717, 1.165) is 60.1 Å². The first kappa shape index (κ1) is 22.8. The summed E-state index contributed by atoms with van der Waals surface area (Å²) in [5.74, 6) is 0.624. The SMILES string of the molecule is CC(C)(C)C1CCC(N2CCC(n3c(CCO)c(CN)c4cc(F)ccc43)CC2)CC1. The third-order valence-corrected chi connectivity index (χ3v) is 8.04. The number of halogens is 1. The normalized spacial score (nSPS) is 24.2. The molecular weight excluding hydrogens is 389 g/mol. The van der Waals surface area contributed by atoms with Crippen molar-refractivity contribution < 1.29 is 9.50 Å². The Hall–Kier alpha value is -1.43. The number of aliphatic hydroxyl groups excluding tert-OH is 1. The van der Waals surface area contributed by atoms with Crippen molar-refractivity contribution in [3.05, 3.63) is 35.3 Å². The Morgan fingerprint density at radius 3 is 2.29 bits per heavy atom. The highest BCUT2D eigenvalue weighted by Gasteiger charge is 2.34. The van der Waals surface area contributed by atoms with Gasteiger partial charge in [0.1, 0.15) is 5.82 Å². The molecule has 1 aliphatic heterocycles. The molecule has 31 heavy (non-hydrogen) atoms. The number of hydrogen-bond donors (Lipinski definition) is 2. The molecule has 4 nitrogen and oxygen atoms in total. The van der Waals surface area contributed by atoms with Crippen LogP contribution in [0.3, 0.4) is 0 Å². The lowest BCUT2D eigenvalue weighted by atomic mass is 9.71. The van der Waals surface area contributed by atoms with Crippen LogP contribution in [0.5, 0.6) is 0 Å². The van der Waals surface area contributed by atoms with Gasteiger partial charge in [-0.05, 0) is 73.6 Å². The summed E-state index contributed by atoms with van der Waals surface area (Å²) in [4.78, 5) is 2.72. The second-order valence-electron chi connectivity index (χ2n) is 10.8. The van der Waals surface area contributed by atoms with Gasteiger partial charge < -0.3 is 20.3 Å². The van der Waals surface area contributed by atoms with E-state index in [1.807, 2.05) is 6.07 Å². The summed E-state index contributed by atoms with van der Waals surface area (Å²) >= 11 is 0. The standard InChI is InChI=1S/C26H40FN3O/c1-26(2,3)18-4-7-20(8-5-18)29-13-10-21(11-14-29)30-24-9-6-19(27)16-22(24)23(17-28)25(30)12-15-31/h6,9,16,18,20-21,31H,4-5,7-8,10-15,17,28H2,1-3H3. The number of rotatable bonds is 5. The Bertz CT molecular complexity index is 884. The molecule has 2 aromatic rings. The molecule has 0 atom stereocenters. The van der Waals surface area contributed by atoms with Gasteiger partial charge in [0.15, 0.2) is 0 Å². The zero-order chi connectivity index (χ0) is 22.2. The third kappa shape index (κ3) is 4.55. The van der Waals surface area contributed by atoms with Crippen molar-refractivity contribution in [2.75, 3.05) is 19.7 Å². The van der Waals surface area contributed by atoms with E-state index in [1.54, 1.807) is 12.1 Å². The summed E-state index contributed by atoms with van der Waals surface area (Å²) < 4.78 is 16.4. The van der Waals surface area contributed by atoms with Crippen LogP contribution < -0.4 is 5.73 Å². The fourth-order valence-corrected chi connectivity index (χ4v) is 6.24. The van der Waals surface area contributed by atoms with Crippen LogP contribution in [-0.2, 0) is 13.0 Å². The lowest BCUT2D eigenvalue weighted by Gasteiger charge is -2.44. The molecule has 0 bridgehead atoms. The average Bonchev–Trinajstić information content (AvgIpc) is 3.05. The molecule has 2 heterocycles. The predicted molar refractivity (Wildman–Crippen MR) is 126 cm³/mol. The Kier molecular flexibility index (Phi) is 6.76. The smallest absolute Gasteiger partial charge is 0.123 e. The number of nitrogens with zero attached hydrogens (tertiary/aromatic N) is 2. The molecule has 2 fully saturated rings. The molecule has 0 spiro atoms. The van der Waals surface area contributed by atoms with Gasteiger partial charge in [-0.3, -0.25) is 0 Å². The van der Waals surface area contributed by atoms with Crippen LogP contribution >= 0.6 is 0 Å². The maximum Gasteiger partial charge on any atom is 0.123 e. The molecule has 172 valence electrons. The highest BCUT2D eigenvalue weighted by Crippen LogP contribution is 2.40. The van der Waals surface area contributed by atoms with E-state index in [9.17, 15) is 9.50 Å². The van der Waals surface area contributed by atoms with Crippen LogP contribution in [0.1, 0.15) is 76.6 Å². The summed E-state index contributed by atoms with van der Waals surface area (Å²) in [5, 5.41) is 10.6. The van der Waals surface area contributed by atoms with Crippen molar-refractivity contribution in [3.8, 4) is 0 Å². The van der Waals surface area contributed by atoms with Crippen molar-refractivity contribution in [2.45, 2.75) is 84.3 Å². The van der Waals surface area contributed by atoms with Crippen LogP contribution in [0.2, 0.25) is 0 Å². The Balaban J connectivity index is 1.50. The van der Waals surface area contributed by atoms with Crippen LogP contribution in [0.4, 0.5) is 4.39 Å². The Morgan fingerprint density at radius 1 is 1.03 bits per heavy atom. The minimum absolute atomic E-state index is 0.0850. The molecule has 1 aliphatic carbocycles. The Morgan fingerprint density at radius 2 is 1.71 bits per heavy atom. The van der Waals surface area contributed by atoms with E-state index in [1.165, 1.54) is 25.7 Å². The number of piperidine rings is 1. The maximum atomic E-state index is 14.0. The first-order valence-corrected chi connectivity index (χ1v) is 12.2. The van der Waals surface area contributed by atoms with Gasteiger partial charge in [-0.15, -0.1) is 0 Å². The third-order valence-electron chi connectivity index (χ3n) is 8.04. The quantitative estimate of drug-likeness (QED) is 0.702. The van der Waals surface area contributed by atoms with Crippen LogP contribution in [-0.4, -0.2) is 40.3 Å². The number of aromatic nitrogens is 1. The lowest BCUT2D eigenvalue weighted by molar-refractivity contribution is 0.0719. The number of hydrogen-bond acceptors (Lipinski definition) is 3. The molecule has 1 aromatic carbocycles. The number of nitrogens with two attached hydrogens (primary N) is 1. The zero-order valence-corrected chi connectivity index (χ0v) is 19.5. The summed E-state index contributed by atoms with van der Waals surface area (Å²) in [7, 11) is 0. The van der Waals surface area contributed by atoms with Gasteiger partial charge in [-0.1, -0.05) is 20.8 Å².